The summed E-state index contributed by atoms with van der Waals surface area (Å²) in [6, 6.07) is 1.73. The highest BCUT2D eigenvalue weighted by molar-refractivity contribution is 7.24. The molecule has 2 aliphatic rings. The number of aromatic nitrogens is 2. The van der Waals surface area contributed by atoms with Crippen LogP contribution in [-0.2, 0) is 4.74 Å². The quantitative estimate of drug-likeness (QED) is 0.121. The Hall–Kier alpha value is -4.03. The van der Waals surface area contributed by atoms with E-state index in [1.807, 2.05) is 4.90 Å². The van der Waals surface area contributed by atoms with Crippen LogP contribution in [-0.4, -0.2) is 84.0 Å². The van der Waals surface area contributed by atoms with Crippen LogP contribution in [0, 0.1) is 11.6 Å². The highest BCUT2D eigenvalue weighted by Crippen LogP contribution is 2.51. The Balaban J connectivity index is 1.54. The summed E-state index contributed by atoms with van der Waals surface area (Å²) >= 11 is 7.56. The van der Waals surface area contributed by atoms with E-state index in [-0.39, 0.29) is 51.3 Å². The number of fused-ring (bicyclic) bond motifs is 3. The number of benzene rings is 2. The number of rotatable bonds is 12. The SMILES string of the molecule is CC(C)(C)OC(=O)Nc1sc2c(F)ccc(-c3c(Cl)c(OCCC(F)F)c4c(NCC(F)F)nc(OC[C@@]56CCCN5C[C@H](F)C6)nc4c3F)c2c1N. The van der Waals surface area contributed by atoms with E-state index in [9.17, 15) is 26.7 Å². The summed E-state index contributed by atoms with van der Waals surface area (Å²) in [5.74, 6) is -2.77. The fourth-order valence-corrected chi connectivity index (χ4v) is 8.15. The number of alkyl halides is 5. The number of hydrogen-bond donors (Lipinski definition) is 3. The maximum Gasteiger partial charge on any atom is 0.412 e. The van der Waals surface area contributed by atoms with Gasteiger partial charge in [0.2, 0.25) is 6.43 Å². The fourth-order valence-electron chi connectivity index (χ4n) is 6.78. The molecule has 4 heterocycles. The molecule has 10 nitrogen and oxygen atoms in total. The van der Waals surface area contributed by atoms with Gasteiger partial charge in [-0.3, -0.25) is 10.2 Å². The zero-order valence-electron chi connectivity index (χ0n) is 28.7. The van der Waals surface area contributed by atoms with E-state index in [1.54, 1.807) is 20.8 Å². The fraction of sp³-hybridized carbons (Fsp3) is 0.500. The molecule has 0 saturated carbocycles. The smallest absolute Gasteiger partial charge is 0.412 e. The topological polar surface area (TPSA) is 124 Å². The highest BCUT2D eigenvalue weighted by atomic mass is 35.5. The third-order valence-electron chi connectivity index (χ3n) is 8.91. The Bertz CT molecular complexity index is 2030. The zero-order valence-corrected chi connectivity index (χ0v) is 30.3. The lowest BCUT2D eigenvalue weighted by molar-refractivity contribution is 0.0636. The molecule has 6 rings (SSSR count). The summed E-state index contributed by atoms with van der Waals surface area (Å²) < 4.78 is 117. The standard InChI is InChI=1S/C34H36ClF7N6O4S/c1-33(2,3)52-32(49)47-30-25(43)21-16(5-6-17(37)28(21)53-30)20-23(35)27(50-10-7-18(38)39)22-26(24(20)42)45-31(46-29(22)44-12-19(40)41)51-14-34-8-4-9-48(34)13-15(36)11-34/h5-6,15,18-19H,4,7-14,43H2,1-3H3,(H,47,49)(H,44,45,46)/t15-,34+/m1/s1. The Labute approximate surface area is 308 Å². The number of carbonyl (C=O) groups excluding carboxylic acids is 1. The van der Waals surface area contributed by atoms with Gasteiger partial charge in [-0.05, 0) is 51.8 Å². The van der Waals surface area contributed by atoms with E-state index >= 15 is 8.78 Å². The number of hydrogen-bond acceptors (Lipinski definition) is 10. The van der Waals surface area contributed by atoms with Crippen LogP contribution in [0.2, 0.25) is 5.02 Å². The molecular formula is C34H36ClF7N6O4S. The van der Waals surface area contributed by atoms with E-state index in [4.69, 9.17) is 31.5 Å². The molecule has 288 valence electrons. The van der Waals surface area contributed by atoms with E-state index in [2.05, 4.69) is 20.6 Å². The summed E-state index contributed by atoms with van der Waals surface area (Å²) in [6.07, 6.45) is -6.89. The number of nitrogen functional groups attached to an aromatic ring is 1. The van der Waals surface area contributed by atoms with Crippen molar-refractivity contribution in [3.63, 3.8) is 0 Å². The van der Waals surface area contributed by atoms with Crippen molar-refractivity contribution in [2.75, 3.05) is 49.2 Å². The van der Waals surface area contributed by atoms with Crippen LogP contribution in [0.1, 0.15) is 46.5 Å². The number of carbonyl (C=O) groups is 1. The second kappa shape index (κ2) is 15.0. The predicted molar refractivity (Wildman–Crippen MR) is 189 cm³/mol. The normalized spacial score (nSPS) is 19.1. The monoisotopic (exact) mass is 792 g/mol. The molecule has 2 fully saturated rings. The van der Waals surface area contributed by atoms with Gasteiger partial charge in [0, 0.05) is 30.3 Å². The molecule has 4 aromatic rings. The number of nitrogens with zero attached hydrogens (tertiary/aromatic N) is 3. The Morgan fingerprint density at radius 2 is 1.91 bits per heavy atom. The Morgan fingerprint density at radius 1 is 1.15 bits per heavy atom. The molecule has 53 heavy (non-hydrogen) atoms. The van der Waals surface area contributed by atoms with Crippen molar-refractivity contribution in [1.29, 1.82) is 0 Å². The summed E-state index contributed by atoms with van der Waals surface area (Å²) in [5, 5.41) is 3.94. The number of thiophene rings is 1. The molecule has 2 aromatic carbocycles. The summed E-state index contributed by atoms with van der Waals surface area (Å²) in [4.78, 5) is 23.0. The first kappa shape index (κ1) is 38.7. The number of halogens is 8. The van der Waals surface area contributed by atoms with Gasteiger partial charge in [-0.2, -0.15) is 9.97 Å². The van der Waals surface area contributed by atoms with Crippen LogP contribution in [0.4, 0.5) is 52.0 Å². The van der Waals surface area contributed by atoms with Crippen LogP contribution in [0.3, 0.4) is 0 Å². The molecule has 2 atom stereocenters. The molecule has 0 bridgehead atoms. The molecule has 2 aliphatic heterocycles. The van der Waals surface area contributed by atoms with Crippen LogP contribution in [0.15, 0.2) is 12.1 Å². The second-order valence-electron chi connectivity index (χ2n) is 13.8. The molecule has 0 spiro atoms. The molecule has 0 aliphatic carbocycles. The first-order valence-electron chi connectivity index (χ1n) is 16.7. The lowest BCUT2D eigenvalue weighted by atomic mass is 9.95. The first-order chi connectivity index (χ1) is 25.0. The Kier molecular flexibility index (Phi) is 11.0. The maximum absolute atomic E-state index is 17.1. The van der Waals surface area contributed by atoms with Gasteiger partial charge in [-0.15, -0.1) is 11.3 Å². The van der Waals surface area contributed by atoms with Crippen molar-refractivity contribution >= 4 is 66.5 Å². The van der Waals surface area contributed by atoms with Gasteiger partial charge in [0.05, 0.1) is 39.5 Å². The largest absolute Gasteiger partial charge is 0.491 e. The molecular weight excluding hydrogens is 757 g/mol. The van der Waals surface area contributed by atoms with Gasteiger partial charge < -0.3 is 25.3 Å². The molecule has 0 radical (unpaired) electrons. The van der Waals surface area contributed by atoms with E-state index in [0.29, 0.717) is 13.0 Å². The minimum atomic E-state index is -2.91. The van der Waals surface area contributed by atoms with E-state index in [0.717, 1.165) is 23.8 Å². The van der Waals surface area contributed by atoms with Gasteiger partial charge in [-0.25, -0.2) is 35.5 Å². The predicted octanol–water partition coefficient (Wildman–Crippen LogP) is 9.04. The van der Waals surface area contributed by atoms with E-state index in [1.165, 1.54) is 6.07 Å². The van der Waals surface area contributed by atoms with Crippen molar-refractivity contribution in [1.82, 2.24) is 14.9 Å². The minimum absolute atomic E-state index is 0.0226. The number of anilines is 3. The Morgan fingerprint density at radius 3 is 2.60 bits per heavy atom. The second-order valence-corrected chi connectivity index (χ2v) is 15.2. The minimum Gasteiger partial charge on any atom is -0.491 e. The zero-order chi connectivity index (χ0) is 38.4. The van der Waals surface area contributed by atoms with Crippen molar-refractivity contribution in [2.24, 2.45) is 0 Å². The average molecular weight is 793 g/mol. The average Bonchev–Trinajstić information content (AvgIpc) is 3.70. The molecule has 2 saturated heterocycles. The highest BCUT2D eigenvalue weighted by Gasteiger charge is 2.49. The van der Waals surface area contributed by atoms with Gasteiger partial charge >= 0.3 is 12.1 Å². The molecule has 4 N–H and O–H groups in total. The van der Waals surface area contributed by atoms with Crippen molar-refractivity contribution in [3.05, 3.63) is 28.8 Å². The van der Waals surface area contributed by atoms with Crippen molar-refractivity contribution in [3.8, 4) is 22.9 Å². The number of amides is 1. The molecule has 2 aromatic heterocycles. The molecule has 0 unspecified atom stereocenters. The molecule has 19 heteroatoms. The summed E-state index contributed by atoms with van der Waals surface area (Å²) in [5.41, 5.74) is 3.58. The first-order valence-corrected chi connectivity index (χ1v) is 17.9. The van der Waals surface area contributed by atoms with Crippen LogP contribution in [0.5, 0.6) is 11.8 Å². The third-order valence-corrected chi connectivity index (χ3v) is 10.4. The van der Waals surface area contributed by atoms with Crippen LogP contribution in [0.25, 0.3) is 32.1 Å². The lowest BCUT2D eigenvalue weighted by Gasteiger charge is -2.30. The summed E-state index contributed by atoms with van der Waals surface area (Å²) in [6.45, 7) is 4.06. The maximum atomic E-state index is 17.1. The lowest BCUT2D eigenvalue weighted by Crippen LogP contribution is -2.43. The van der Waals surface area contributed by atoms with Gasteiger partial charge in [-0.1, -0.05) is 17.7 Å². The van der Waals surface area contributed by atoms with Gasteiger partial charge in [0.25, 0.3) is 6.43 Å². The van der Waals surface area contributed by atoms with Gasteiger partial charge in [0.15, 0.2) is 11.6 Å². The van der Waals surface area contributed by atoms with Crippen molar-refractivity contribution < 1.29 is 49.7 Å². The van der Waals surface area contributed by atoms with Crippen LogP contribution >= 0.6 is 22.9 Å². The number of ether oxygens (including phenoxy) is 3. The summed E-state index contributed by atoms with van der Waals surface area (Å²) in [7, 11) is 0. The van der Waals surface area contributed by atoms with Gasteiger partial charge in [0.1, 0.15) is 40.5 Å². The number of nitrogens with one attached hydrogen (secondary N) is 2. The van der Waals surface area contributed by atoms with E-state index < -0.39 is 101 Å². The van der Waals surface area contributed by atoms with Crippen LogP contribution < -0.4 is 25.8 Å². The van der Waals surface area contributed by atoms with Crippen molar-refractivity contribution in [2.45, 2.75) is 76.6 Å². The molecule has 1 amide bonds. The third kappa shape index (κ3) is 7.94. The number of nitrogens with two attached hydrogens (primary N) is 1.